The van der Waals surface area contributed by atoms with Gasteiger partial charge in [0.1, 0.15) is 10.7 Å². The third-order valence-corrected chi connectivity index (χ3v) is 5.16. The van der Waals surface area contributed by atoms with E-state index in [1.54, 1.807) is 12.3 Å². The first kappa shape index (κ1) is 14.0. The van der Waals surface area contributed by atoms with Crippen LogP contribution in [0.5, 0.6) is 0 Å². The molecule has 5 nitrogen and oxygen atoms in total. The van der Waals surface area contributed by atoms with Crippen molar-refractivity contribution in [1.82, 2.24) is 9.71 Å². The Morgan fingerprint density at radius 2 is 2.19 bits per heavy atom. The van der Waals surface area contributed by atoms with E-state index in [1.165, 1.54) is 29.8 Å². The zero-order valence-corrected chi connectivity index (χ0v) is 12.5. The Kier molecular flexibility index (Phi) is 3.87. The number of thiophene rings is 1. The van der Waals surface area contributed by atoms with Crippen LogP contribution in [0.4, 0.5) is 0 Å². The first-order valence-corrected chi connectivity index (χ1v) is 8.52. The van der Waals surface area contributed by atoms with Crippen molar-refractivity contribution in [2.75, 3.05) is 0 Å². The van der Waals surface area contributed by atoms with Crippen LogP contribution in [0.2, 0.25) is 0 Å². The van der Waals surface area contributed by atoms with Crippen LogP contribution < -0.4 is 4.72 Å². The fraction of sp³-hybridized carbons (Fsp3) is 0.0714. The zero-order chi connectivity index (χ0) is 14.7. The van der Waals surface area contributed by atoms with Crippen molar-refractivity contribution in [2.24, 2.45) is 0 Å². The molecule has 0 atom stereocenters. The van der Waals surface area contributed by atoms with Gasteiger partial charge in [-0.25, -0.2) is 13.1 Å². The molecule has 108 valence electrons. The van der Waals surface area contributed by atoms with Crippen LogP contribution in [0.25, 0.3) is 11.3 Å². The molecule has 3 heterocycles. The number of nitrogens with zero attached hydrogens (tertiary/aromatic N) is 1. The van der Waals surface area contributed by atoms with Crippen molar-refractivity contribution in [1.29, 1.82) is 0 Å². The van der Waals surface area contributed by atoms with Gasteiger partial charge >= 0.3 is 0 Å². The third-order valence-electron chi connectivity index (χ3n) is 2.84. The van der Waals surface area contributed by atoms with Crippen molar-refractivity contribution >= 4 is 21.4 Å². The normalized spacial score (nSPS) is 11.6. The van der Waals surface area contributed by atoms with Gasteiger partial charge in [0.15, 0.2) is 0 Å². The summed E-state index contributed by atoms with van der Waals surface area (Å²) in [5, 5.41) is 1.94. The SMILES string of the molecule is O=S(=O)(NCc1cc(-c2ccco2)cs1)c1cccnc1. The quantitative estimate of drug-likeness (QED) is 0.784. The van der Waals surface area contributed by atoms with Crippen molar-refractivity contribution in [3.63, 3.8) is 0 Å². The third kappa shape index (κ3) is 3.21. The van der Waals surface area contributed by atoms with Gasteiger partial charge in [0.05, 0.1) is 6.26 Å². The summed E-state index contributed by atoms with van der Waals surface area (Å²) in [4.78, 5) is 4.89. The van der Waals surface area contributed by atoms with Crippen LogP contribution in [-0.2, 0) is 16.6 Å². The summed E-state index contributed by atoms with van der Waals surface area (Å²) in [7, 11) is -3.53. The minimum atomic E-state index is -3.53. The molecule has 0 spiro atoms. The van der Waals surface area contributed by atoms with E-state index in [1.807, 2.05) is 23.6 Å². The topological polar surface area (TPSA) is 72.2 Å². The fourth-order valence-corrected chi connectivity index (χ4v) is 3.67. The average molecular weight is 320 g/mol. The number of furan rings is 1. The summed E-state index contributed by atoms with van der Waals surface area (Å²) in [5.41, 5.74) is 0.945. The van der Waals surface area contributed by atoms with Gasteiger partial charge in [-0.2, -0.15) is 0 Å². The molecule has 0 aromatic carbocycles. The van der Waals surface area contributed by atoms with Crippen LogP contribution in [0.1, 0.15) is 4.88 Å². The first-order chi connectivity index (χ1) is 10.1. The molecule has 7 heteroatoms. The molecule has 0 unspecified atom stereocenters. The van der Waals surface area contributed by atoms with Gasteiger partial charge < -0.3 is 4.42 Å². The summed E-state index contributed by atoms with van der Waals surface area (Å²) in [6.07, 6.45) is 4.47. The second-order valence-corrected chi connectivity index (χ2v) is 7.06. The molecule has 3 aromatic rings. The molecule has 1 N–H and O–H groups in total. The van der Waals surface area contributed by atoms with Crippen LogP contribution in [0.15, 0.2) is 63.7 Å². The predicted molar refractivity (Wildman–Crippen MR) is 80.3 cm³/mol. The second-order valence-electron chi connectivity index (χ2n) is 4.29. The molecular formula is C14H12N2O3S2. The van der Waals surface area contributed by atoms with Gasteiger partial charge in [0.25, 0.3) is 0 Å². The van der Waals surface area contributed by atoms with Gasteiger partial charge in [-0.3, -0.25) is 4.98 Å². The Bertz CT molecular complexity index is 809. The number of rotatable bonds is 5. The minimum Gasteiger partial charge on any atom is -0.464 e. The summed E-state index contributed by atoms with van der Waals surface area (Å²) in [5.74, 6) is 0.771. The molecule has 3 rings (SSSR count). The summed E-state index contributed by atoms with van der Waals surface area (Å²) in [6, 6.07) is 8.70. The van der Waals surface area contributed by atoms with E-state index in [0.29, 0.717) is 0 Å². The van der Waals surface area contributed by atoms with Crippen molar-refractivity contribution in [2.45, 2.75) is 11.4 Å². The van der Waals surface area contributed by atoms with Crippen molar-refractivity contribution < 1.29 is 12.8 Å². The highest BCUT2D eigenvalue weighted by Crippen LogP contribution is 2.26. The molecule has 0 aliphatic heterocycles. The monoisotopic (exact) mass is 320 g/mol. The van der Waals surface area contributed by atoms with E-state index >= 15 is 0 Å². The molecular weight excluding hydrogens is 308 g/mol. The van der Waals surface area contributed by atoms with E-state index in [9.17, 15) is 8.42 Å². The fourth-order valence-electron chi connectivity index (χ4n) is 1.80. The molecule has 0 saturated heterocycles. The molecule has 0 bridgehead atoms. The smallest absolute Gasteiger partial charge is 0.242 e. The largest absolute Gasteiger partial charge is 0.464 e. The maximum atomic E-state index is 12.1. The molecule has 0 amide bonds. The Morgan fingerprint density at radius 3 is 2.90 bits per heavy atom. The lowest BCUT2D eigenvalue weighted by Crippen LogP contribution is -2.22. The highest BCUT2D eigenvalue weighted by molar-refractivity contribution is 7.89. The van der Waals surface area contributed by atoms with E-state index in [2.05, 4.69) is 9.71 Å². The zero-order valence-electron chi connectivity index (χ0n) is 10.9. The standard InChI is InChI=1S/C14H12N2O3S2/c17-21(18,13-3-1-5-15-9-13)16-8-12-7-11(10-20-12)14-4-2-6-19-14/h1-7,9-10,16H,8H2. The van der Waals surface area contributed by atoms with E-state index < -0.39 is 10.0 Å². The second kappa shape index (κ2) is 5.80. The molecule has 0 aliphatic rings. The molecule has 3 aromatic heterocycles. The highest BCUT2D eigenvalue weighted by Gasteiger charge is 2.14. The van der Waals surface area contributed by atoms with Crippen LogP contribution in [0, 0.1) is 0 Å². The molecule has 0 aliphatic carbocycles. The number of pyridine rings is 1. The minimum absolute atomic E-state index is 0.160. The van der Waals surface area contributed by atoms with Gasteiger partial charge in [-0.1, -0.05) is 0 Å². The summed E-state index contributed by atoms with van der Waals surface area (Å²) in [6.45, 7) is 0.239. The predicted octanol–water partition coefficient (Wildman–Crippen LogP) is 2.88. The van der Waals surface area contributed by atoms with Crippen LogP contribution in [-0.4, -0.2) is 13.4 Å². The average Bonchev–Trinajstić information content (AvgIpc) is 3.17. The lowest BCUT2D eigenvalue weighted by atomic mass is 10.2. The molecule has 0 fully saturated rings. The number of sulfonamides is 1. The van der Waals surface area contributed by atoms with E-state index in [-0.39, 0.29) is 11.4 Å². The number of hydrogen-bond acceptors (Lipinski definition) is 5. The number of nitrogens with one attached hydrogen (secondary N) is 1. The molecule has 21 heavy (non-hydrogen) atoms. The maximum absolute atomic E-state index is 12.1. The van der Waals surface area contributed by atoms with Crippen molar-refractivity contribution in [3.8, 4) is 11.3 Å². The number of hydrogen-bond donors (Lipinski definition) is 1. The Hall–Kier alpha value is -1.96. The Morgan fingerprint density at radius 1 is 1.29 bits per heavy atom. The van der Waals surface area contributed by atoms with E-state index in [0.717, 1.165) is 16.2 Å². The van der Waals surface area contributed by atoms with Crippen LogP contribution >= 0.6 is 11.3 Å². The lowest BCUT2D eigenvalue weighted by molar-refractivity contribution is 0.581. The van der Waals surface area contributed by atoms with Crippen LogP contribution in [0.3, 0.4) is 0 Å². The van der Waals surface area contributed by atoms with Gasteiger partial charge in [-0.15, -0.1) is 11.3 Å². The van der Waals surface area contributed by atoms with Crippen molar-refractivity contribution in [3.05, 3.63) is 59.2 Å². The lowest BCUT2D eigenvalue weighted by Gasteiger charge is -2.04. The maximum Gasteiger partial charge on any atom is 0.242 e. The Labute approximate surface area is 126 Å². The Balaban J connectivity index is 1.71. The van der Waals surface area contributed by atoms with Gasteiger partial charge in [0.2, 0.25) is 10.0 Å². The molecule has 0 saturated carbocycles. The van der Waals surface area contributed by atoms with E-state index in [4.69, 9.17) is 4.42 Å². The first-order valence-electron chi connectivity index (χ1n) is 6.16. The molecule has 0 radical (unpaired) electrons. The summed E-state index contributed by atoms with van der Waals surface area (Å²) < 4.78 is 32.0. The highest BCUT2D eigenvalue weighted by atomic mass is 32.2. The van der Waals surface area contributed by atoms with Gasteiger partial charge in [0, 0.05) is 34.8 Å². The number of aromatic nitrogens is 1. The summed E-state index contributed by atoms with van der Waals surface area (Å²) >= 11 is 1.48. The van der Waals surface area contributed by atoms with Gasteiger partial charge in [-0.05, 0) is 30.3 Å².